The van der Waals surface area contributed by atoms with E-state index in [1.807, 2.05) is 4.57 Å². The lowest BCUT2D eigenvalue weighted by Gasteiger charge is -2.34. The van der Waals surface area contributed by atoms with E-state index in [1.54, 1.807) is 33.5 Å². The third-order valence-corrected chi connectivity index (χ3v) is 5.87. The van der Waals surface area contributed by atoms with Gasteiger partial charge in [-0.1, -0.05) is 6.92 Å². The highest BCUT2D eigenvalue weighted by Crippen LogP contribution is 2.21. The van der Waals surface area contributed by atoms with Gasteiger partial charge in [-0.15, -0.1) is 0 Å². The molecule has 0 aromatic carbocycles. The first-order valence-corrected chi connectivity index (χ1v) is 9.86. The second-order valence-corrected chi connectivity index (χ2v) is 8.69. The van der Waals surface area contributed by atoms with Gasteiger partial charge in [0.25, 0.3) is 0 Å². The number of amides is 1. The molecule has 1 aliphatic heterocycles. The van der Waals surface area contributed by atoms with Gasteiger partial charge in [0.05, 0.1) is 30.4 Å². The first-order chi connectivity index (χ1) is 11.3. The highest BCUT2D eigenvalue weighted by Gasteiger charge is 2.26. The minimum absolute atomic E-state index is 0.0237. The van der Waals surface area contributed by atoms with E-state index in [4.69, 9.17) is 4.74 Å². The summed E-state index contributed by atoms with van der Waals surface area (Å²) in [5.41, 5.74) is 1.03. The summed E-state index contributed by atoms with van der Waals surface area (Å²) < 4.78 is 31.0. The van der Waals surface area contributed by atoms with Crippen molar-refractivity contribution in [3.05, 3.63) is 18.2 Å². The minimum Gasteiger partial charge on any atom is -0.369 e. The molecule has 2 rings (SSSR count). The zero-order valence-electron chi connectivity index (χ0n) is 14.5. The smallest absolute Gasteiger partial charge is 0.248 e. The molecule has 0 fully saturated rings. The Balaban J connectivity index is 1.94. The molecule has 1 aromatic heterocycles. The molecular weight excluding hydrogens is 332 g/mol. The molecule has 24 heavy (non-hydrogen) atoms. The standard InChI is InChI=1S/C15H26N4O4S/c1-4-24(21,22)6-5-18-8-13-7-16-12-19(13)14(9-18)10-23-11-15(20)17(2)3/h7,12,14H,4-6,8-11H2,1-3H3. The van der Waals surface area contributed by atoms with Crippen molar-refractivity contribution in [2.75, 3.05) is 51.9 Å². The highest BCUT2D eigenvalue weighted by atomic mass is 32.2. The van der Waals surface area contributed by atoms with Crippen LogP contribution in [0.2, 0.25) is 0 Å². The summed E-state index contributed by atoms with van der Waals surface area (Å²) in [5, 5.41) is 0. The number of hydrogen-bond acceptors (Lipinski definition) is 6. The van der Waals surface area contributed by atoms with Crippen molar-refractivity contribution in [1.29, 1.82) is 0 Å². The Hall–Kier alpha value is -1.45. The molecule has 1 aromatic rings. The Bertz CT molecular complexity index is 656. The van der Waals surface area contributed by atoms with E-state index in [2.05, 4.69) is 9.88 Å². The third kappa shape index (κ3) is 5.02. The van der Waals surface area contributed by atoms with Crippen LogP contribution in [0.4, 0.5) is 0 Å². The van der Waals surface area contributed by atoms with Crippen LogP contribution in [0.5, 0.6) is 0 Å². The zero-order valence-corrected chi connectivity index (χ0v) is 15.3. The number of aromatic nitrogens is 2. The Morgan fingerprint density at radius 1 is 1.46 bits per heavy atom. The lowest BCUT2D eigenvalue weighted by atomic mass is 10.2. The van der Waals surface area contributed by atoms with Gasteiger partial charge >= 0.3 is 0 Å². The number of likely N-dealkylation sites (N-methyl/N-ethyl adjacent to an activating group) is 1. The summed E-state index contributed by atoms with van der Waals surface area (Å²) in [6.45, 7) is 3.94. The number of sulfone groups is 1. The average molecular weight is 358 g/mol. The predicted molar refractivity (Wildman–Crippen MR) is 90.4 cm³/mol. The fourth-order valence-electron chi connectivity index (χ4n) is 2.59. The second-order valence-electron chi connectivity index (χ2n) is 6.22. The molecule has 0 saturated heterocycles. The summed E-state index contributed by atoms with van der Waals surface area (Å²) >= 11 is 0. The van der Waals surface area contributed by atoms with Crippen LogP contribution < -0.4 is 0 Å². The zero-order chi connectivity index (χ0) is 17.7. The normalized spacial score (nSPS) is 18.4. The largest absolute Gasteiger partial charge is 0.369 e. The molecule has 1 amide bonds. The van der Waals surface area contributed by atoms with Crippen molar-refractivity contribution < 1.29 is 17.9 Å². The van der Waals surface area contributed by atoms with Gasteiger partial charge in [0, 0.05) is 45.7 Å². The molecule has 1 unspecified atom stereocenters. The maximum absolute atomic E-state index is 11.7. The second kappa shape index (κ2) is 8.09. The number of fused-ring (bicyclic) bond motifs is 1. The summed E-state index contributed by atoms with van der Waals surface area (Å²) in [7, 11) is 0.398. The Morgan fingerprint density at radius 3 is 2.88 bits per heavy atom. The first-order valence-electron chi connectivity index (χ1n) is 8.03. The average Bonchev–Trinajstić information content (AvgIpc) is 3.01. The molecule has 9 heteroatoms. The van der Waals surface area contributed by atoms with E-state index in [-0.39, 0.29) is 30.1 Å². The molecular formula is C15H26N4O4S. The molecule has 8 nitrogen and oxygen atoms in total. The molecule has 0 radical (unpaired) electrons. The number of hydrogen-bond donors (Lipinski definition) is 0. The van der Waals surface area contributed by atoms with E-state index in [0.29, 0.717) is 26.2 Å². The van der Waals surface area contributed by atoms with E-state index < -0.39 is 9.84 Å². The Kier molecular flexibility index (Phi) is 6.36. The van der Waals surface area contributed by atoms with Gasteiger partial charge in [0.15, 0.2) is 9.84 Å². The summed E-state index contributed by atoms with van der Waals surface area (Å²) in [5.74, 6) is 0.241. The molecule has 2 heterocycles. The lowest BCUT2D eigenvalue weighted by molar-refractivity contribution is -0.134. The highest BCUT2D eigenvalue weighted by molar-refractivity contribution is 7.91. The van der Waals surface area contributed by atoms with Gasteiger partial charge in [-0.2, -0.15) is 0 Å². The van der Waals surface area contributed by atoms with E-state index in [9.17, 15) is 13.2 Å². The maximum Gasteiger partial charge on any atom is 0.248 e. The van der Waals surface area contributed by atoms with Crippen LogP contribution in [-0.2, 0) is 25.9 Å². The molecule has 1 aliphatic rings. The number of imidazole rings is 1. The van der Waals surface area contributed by atoms with Crippen molar-refractivity contribution in [2.45, 2.75) is 19.5 Å². The topological polar surface area (TPSA) is 84.7 Å². The molecule has 136 valence electrons. The molecule has 1 atom stereocenters. The molecule has 0 bridgehead atoms. The van der Waals surface area contributed by atoms with Gasteiger partial charge in [0.2, 0.25) is 5.91 Å². The molecule has 0 saturated carbocycles. The number of nitrogens with zero attached hydrogens (tertiary/aromatic N) is 4. The first kappa shape index (κ1) is 18.9. The van der Waals surface area contributed by atoms with Crippen LogP contribution in [0.25, 0.3) is 0 Å². The van der Waals surface area contributed by atoms with Gasteiger partial charge in [-0.25, -0.2) is 13.4 Å². The van der Waals surface area contributed by atoms with Crippen molar-refractivity contribution in [2.24, 2.45) is 0 Å². The van der Waals surface area contributed by atoms with Crippen LogP contribution in [0, 0.1) is 0 Å². The van der Waals surface area contributed by atoms with E-state index in [0.717, 1.165) is 5.69 Å². The summed E-state index contributed by atoms with van der Waals surface area (Å²) in [6.07, 6.45) is 3.55. The van der Waals surface area contributed by atoms with Crippen molar-refractivity contribution >= 4 is 15.7 Å². The number of ether oxygens (including phenoxy) is 1. The van der Waals surface area contributed by atoms with Crippen molar-refractivity contribution in [3.8, 4) is 0 Å². The lowest BCUT2D eigenvalue weighted by Crippen LogP contribution is -2.41. The van der Waals surface area contributed by atoms with Crippen LogP contribution in [-0.4, -0.2) is 85.6 Å². The van der Waals surface area contributed by atoms with Crippen LogP contribution in [0.1, 0.15) is 18.7 Å². The van der Waals surface area contributed by atoms with Crippen LogP contribution in [0.15, 0.2) is 12.5 Å². The Morgan fingerprint density at radius 2 is 2.21 bits per heavy atom. The van der Waals surface area contributed by atoms with Crippen LogP contribution in [0.3, 0.4) is 0 Å². The van der Waals surface area contributed by atoms with Crippen LogP contribution >= 0.6 is 0 Å². The number of carbonyl (C=O) groups excluding carboxylic acids is 1. The summed E-state index contributed by atoms with van der Waals surface area (Å²) in [4.78, 5) is 19.4. The van der Waals surface area contributed by atoms with Gasteiger partial charge in [-0.05, 0) is 0 Å². The molecule has 0 aliphatic carbocycles. The fourth-order valence-corrected chi connectivity index (χ4v) is 3.42. The SMILES string of the molecule is CCS(=O)(=O)CCN1Cc2cncn2C(COCC(=O)N(C)C)C1. The van der Waals surface area contributed by atoms with Crippen molar-refractivity contribution in [3.63, 3.8) is 0 Å². The third-order valence-electron chi connectivity index (χ3n) is 4.19. The Labute approximate surface area is 143 Å². The fraction of sp³-hybridized carbons (Fsp3) is 0.733. The minimum atomic E-state index is -2.98. The van der Waals surface area contributed by atoms with Gasteiger partial charge < -0.3 is 14.2 Å². The van der Waals surface area contributed by atoms with Gasteiger partial charge in [-0.3, -0.25) is 9.69 Å². The molecule has 0 N–H and O–H groups in total. The maximum atomic E-state index is 11.7. The summed E-state index contributed by atoms with van der Waals surface area (Å²) in [6, 6.07) is 0.0237. The van der Waals surface area contributed by atoms with E-state index >= 15 is 0 Å². The monoisotopic (exact) mass is 358 g/mol. The van der Waals surface area contributed by atoms with E-state index in [1.165, 1.54) is 4.90 Å². The number of carbonyl (C=O) groups is 1. The van der Waals surface area contributed by atoms with Gasteiger partial charge in [0.1, 0.15) is 6.61 Å². The molecule has 0 spiro atoms. The van der Waals surface area contributed by atoms with Crippen molar-refractivity contribution in [1.82, 2.24) is 19.4 Å². The number of rotatable bonds is 8. The quantitative estimate of drug-likeness (QED) is 0.639. The predicted octanol–water partition coefficient (Wildman–Crippen LogP) is -0.221.